The minimum atomic E-state index is -1.59. The quantitative estimate of drug-likeness (QED) is 0.0160. The van der Waals surface area contributed by atoms with Gasteiger partial charge in [0.25, 0.3) is 0 Å². The number of guanidine groups is 2. The summed E-state index contributed by atoms with van der Waals surface area (Å²) in [7, 11) is 0. The Morgan fingerprint density at radius 1 is 0.557 bits per heavy atom. The van der Waals surface area contributed by atoms with Gasteiger partial charge in [0, 0.05) is 41.5 Å². The number of hydrogen-bond donors (Lipinski definition) is 14. The standard InChI is InChI=1S/C52H72N16O11/c1-3-5-15-34(53)45(73)67-37(18-10-22-59-50(55)56)47(75)63-25-40(69)61-27-42(71)65-29-20-21-32-39(24-29)78-44-33(52(32)31-13-8-7-12-30(31)49(77)79-52)14-9-17-36(44)66-43(72)28-62-41(70)26-64-48(76)38(19-11-23-60-51(57)58)68-46(74)35(54)16-6-4-2/h7-9,12-14,17,20-21,24,34-35,37-38H,3-6,10-11,15-16,18-19,22-23,25-28,53-54H2,1-2H3,(H,61,69)(H,62,70)(H,63,75)(H,64,76)(H,65,71)(H,66,72)(H,67,73)(H,68,74)(H4,55,56,59)(H4,57,58,60)/t34-,35-,37-,38-,52?/m0/s1. The van der Waals surface area contributed by atoms with Crippen LogP contribution >= 0.6 is 0 Å². The minimum absolute atomic E-state index is 0.0708. The van der Waals surface area contributed by atoms with Crippen molar-refractivity contribution in [3.05, 3.63) is 82.9 Å². The van der Waals surface area contributed by atoms with Crippen molar-refractivity contribution in [2.24, 2.45) is 44.4 Å². The number of nitrogens with two attached hydrogens (primary N) is 6. The van der Waals surface area contributed by atoms with Crippen LogP contribution in [0.2, 0.25) is 0 Å². The van der Waals surface area contributed by atoms with Gasteiger partial charge >= 0.3 is 5.97 Å². The summed E-state index contributed by atoms with van der Waals surface area (Å²) in [5, 5.41) is 20.5. The lowest BCUT2D eigenvalue weighted by molar-refractivity contribution is -0.131. The first-order valence-electron chi connectivity index (χ1n) is 26.0. The number of nitrogens with zero attached hydrogens (tertiary/aromatic N) is 2. The van der Waals surface area contributed by atoms with Gasteiger partial charge in [-0.05, 0) is 62.8 Å². The Kier molecular flexibility index (Phi) is 22.9. The number of rotatable bonds is 30. The minimum Gasteiger partial charge on any atom is -0.454 e. The number of fused-ring (bicyclic) bond motifs is 6. The molecule has 27 heteroatoms. The van der Waals surface area contributed by atoms with Crippen LogP contribution in [0.25, 0.3) is 0 Å². The molecule has 0 saturated heterocycles. The normalized spacial score (nSPS) is 15.1. The van der Waals surface area contributed by atoms with Crippen LogP contribution in [0.4, 0.5) is 11.4 Å². The molecule has 2 heterocycles. The van der Waals surface area contributed by atoms with Crippen LogP contribution in [0.5, 0.6) is 11.5 Å². The van der Waals surface area contributed by atoms with E-state index >= 15 is 0 Å². The predicted molar refractivity (Wildman–Crippen MR) is 293 cm³/mol. The molecule has 1 unspecified atom stereocenters. The SMILES string of the molecule is CCCC[C@H](N)C(=O)N[C@@H](CCCN=C(N)N)C(=O)NCC(=O)NCC(=O)Nc1ccc2c(c1)Oc1c(NC(=O)CNC(=O)CNC(=O)[C@H](CCCN=C(N)N)NC(=O)[C@@H](N)CCCC)cccc1C21OC(=O)c2ccccc21. The van der Waals surface area contributed by atoms with Gasteiger partial charge in [-0.1, -0.05) is 69.9 Å². The Labute approximate surface area is 456 Å². The summed E-state index contributed by atoms with van der Waals surface area (Å²) in [6, 6.07) is 12.4. The first-order valence-corrected chi connectivity index (χ1v) is 26.0. The number of amides is 8. The number of benzene rings is 3. The lowest BCUT2D eigenvalue weighted by Gasteiger charge is -2.37. The van der Waals surface area contributed by atoms with Crippen molar-refractivity contribution in [1.29, 1.82) is 0 Å². The molecule has 27 nitrogen and oxygen atoms in total. The van der Waals surface area contributed by atoms with Crippen molar-refractivity contribution < 1.29 is 52.6 Å². The Bertz CT molecular complexity index is 2780. The largest absolute Gasteiger partial charge is 0.454 e. The van der Waals surface area contributed by atoms with E-state index in [2.05, 4.69) is 52.5 Å². The highest BCUT2D eigenvalue weighted by Gasteiger charge is 2.54. The fourth-order valence-electron chi connectivity index (χ4n) is 8.55. The third kappa shape index (κ3) is 17.3. The molecule has 79 heavy (non-hydrogen) atoms. The lowest BCUT2D eigenvalue weighted by Crippen LogP contribution is -2.53. The first-order chi connectivity index (χ1) is 37.8. The Morgan fingerprint density at radius 2 is 1.06 bits per heavy atom. The van der Waals surface area contributed by atoms with Gasteiger partial charge in [-0.3, -0.25) is 48.3 Å². The monoisotopic (exact) mass is 1100 g/mol. The van der Waals surface area contributed by atoms with Crippen molar-refractivity contribution in [2.45, 2.75) is 108 Å². The summed E-state index contributed by atoms with van der Waals surface area (Å²) >= 11 is 0. The zero-order valence-corrected chi connectivity index (χ0v) is 44.2. The molecular formula is C52H72N16O11. The first kappa shape index (κ1) is 61.0. The number of carbonyl (C=O) groups excluding carboxylic acids is 9. The molecule has 1 spiro atoms. The molecule has 0 radical (unpaired) electrons. The fraction of sp³-hybridized carbons (Fsp3) is 0.442. The molecule has 0 bridgehead atoms. The molecule has 8 amide bonds. The Morgan fingerprint density at radius 3 is 1.59 bits per heavy atom. The second-order valence-electron chi connectivity index (χ2n) is 18.7. The lowest BCUT2D eigenvalue weighted by atomic mass is 9.77. The van der Waals surface area contributed by atoms with Gasteiger partial charge in [0.05, 0.1) is 49.5 Å². The van der Waals surface area contributed by atoms with Crippen molar-refractivity contribution in [3.8, 4) is 11.5 Å². The van der Waals surface area contributed by atoms with Crippen LogP contribution in [0.1, 0.15) is 105 Å². The van der Waals surface area contributed by atoms with Crippen LogP contribution in [0.15, 0.2) is 70.6 Å². The molecule has 426 valence electrons. The number of anilines is 2. The molecule has 0 fully saturated rings. The molecule has 5 atom stereocenters. The number of esters is 1. The molecule has 0 saturated carbocycles. The van der Waals surface area contributed by atoms with Crippen molar-refractivity contribution in [3.63, 3.8) is 0 Å². The highest BCUT2D eigenvalue weighted by molar-refractivity contribution is 6.00. The van der Waals surface area contributed by atoms with E-state index in [-0.39, 0.29) is 66.3 Å². The summed E-state index contributed by atoms with van der Waals surface area (Å²) in [6.07, 6.45) is 4.80. The number of hydrogen-bond acceptors (Lipinski definition) is 15. The van der Waals surface area contributed by atoms with Crippen LogP contribution < -0.4 is 81.7 Å². The molecule has 3 aromatic carbocycles. The number of para-hydroxylation sites is 1. The molecule has 2 aliphatic rings. The fourth-order valence-corrected chi connectivity index (χ4v) is 8.55. The van der Waals surface area contributed by atoms with E-state index in [1.165, 1.54) is 12.1 Å². The summed E-state index contributed by atoms with van der Waals surface area (Å²) in [4.78, 5) is 126. The highest BCUT2D eigenvalue weighted by atomic mass is 16.6. The van der Waals surface area contributed by atoms with E-state index in [9.17, 15) is 43.2 Å². The number of ether oxygens (including phenoxy) is 2. The molecule has 2 aliphatic heterocycles. The predicted octanol–water partition coefficient (Wildman–Crippen LogP) is -1.29. The zero-order chi connectivity index (χ0) is 57.6. The second-order valence-corrected chi connectivity index (χ2v) is 18.7. The van der Waals surface area contributed by atoms with Gasteiger partial charge < -0.3 is 86.4 Å². The molecule has 0 aliphatic carbocycles. The average Bonchev–Trinajstić information content (AvgIpc) is 3.93. The summed E-state index contributed by atoms with van der Waals surface area (Å²) in [5.74, 6) is -5.93. The van der Waals surface area contributed by atoms with Crippen molar-refractivity contribution in [2.75, 3.05) is 49.9 Å². The van der Waals surface area contributed by atoms with E-state index in [1.807, 2.05) is 13.8 Å². The number of unbranched alkanes of at least 4 members (excludes halogenated alkanes) is 2. The van der Waals surface area contributed by atoms with Crippen LogP contribution in [0.3, 0.4) is 0 Å². The number of carbonyl (C=O) groups is 9. The Hall–Kier alpha value is -8.85. The maximum Gasteiger partial charge on any atom is 0.340 e. The van der Waals surface area contributed by atoms with E-state index in [1.54, 1.807) is 48.5 Å². The highest BCUT2D eigenvalue weighted by Crippen LogP contribution is 2.58. The van der Waals surface area contributed by atoms with Crippen LogP contribution in [-0.4, -0.2) is 129 Å². The van der Waals surface area contributed by atoms with E-state index in [0.29, 0.717) is 55.2 Å². The molecular weight excluding hydrogens is 1020 g/mol. The van der Waals surface area contributed by atoms with E-state index in [0.717, 1.165) is 12.8 Å². The zero-order valence-electron chi connectivity index (χ0n) is 44.2. The third-order valence-corrected chi connectivity index (χ3v) is 12.6. The number of nitrogens with one attached hydrogen (secondary N) is 8. The van der Waals surface area contributed by atoms with Crippen LogP contribution in [-0.2, 0) is 48.7 Å². The number of aliphatic imine (C=N–C) groups is 2. The third-order valence-electron chi connectivity index (χ3n) is 12.6. The summed E-state index contributed by atoms with van der Waals surface area (Å²) in [5.41, 5.74) is 33.8. The van der Waals surface area contributed by atoms with Gasteiger partial charge in [0.15, 0.2) is 23.3 Å². The van der Waals surface area contributed by atoms with Gasteiger partial charge in [-0.2, -0.15) is 0 Å². The molecule has 0 aromatic heterocycles. The molecule has 20 N–H and O–H groups in total. The molecule has 3 aromatic rings. The van der Waals surface area contributed by atoms with Gasteiger partial charge in [0.2, 0.25) is 47.3 Å². The van der Waals surface area contributed by atoms with Crippen molar-refractivity contribution in [1.82, 2.24) is 31.9 Å². The van der Waals surface area contributed by atoms with E-state index < -0.39 is 109 Å². The van der Waals surface area contributed by atoms with Gasteiger partial charge in [0.1, 0.15) is 17.8 Å². The van der Waals surface area contributed by atoms with Gasteiger partial charge in [-0.25, -0.2) is 4.79 Å². The summed E-state index contributed by atoms with van der Waals surface area (Å²) < 4.78 is 12.7. The maximum atomic E-state index is 13.5. The smallest absolute Gasteiger partial charge is 0.340 e. The molecule has 5 rings (SSSR count). The van der Waals surface area contributed by atoms with Gasteiger partial charge in [-0.15, -0.1) is 0 Å². The van der Waals surface area contributed by atoms with Crippen molar-refractivity contribution >= 4 is 76.5 Å². The van der Waals surface area contributed by atoms with Crippen LogP contribution in [0, 0.1) is 0 Å². The maximum absolute atomic E-state index is 13.5. The average molecular weight is 1100 g/mol. The van der Waals surface area contributed by atoms with E-state index in [4.69, 9.17) is 43.9 Å². The summed E-state index contributed by atoms with van der Waals surface area (Å²) in [6.45, 7) is 2.12. The second kappa shape index (κ2) is 29.6. The Balaban J connectivity index is 1.23. The topological polar surface area (TPSA) is 449 Å².